The summed E-state index contributed by atoms with van der Waals surface area (Å²) in [5, 5.41) is 6.93. The molecule has 16 heavy (non-hydrogen) atoms. The fourth-order valence-electron chi connectivity index (χ4n) is 1.64. The van der Waals surface area contributed by atoms with Crippen LogP contribution in [0.3, 0.4) is 0 Å². The Morgan fingerprint density at radius 2 is 2.12 bits per heavy atom. The minimum Gasteiger partial charge on any atom is -0.336 e. The molecular weight excluding hydrogens is 207 g/mol. The number of aromatic amines is 2. The average Bonchev–Trinajstić information content (AvgIpc) is 2.83. The molecule has 2 heterocycles. The van der Waals surface area contributed by atoms with Gasteiger partial charge in [0.1, 0.15) is 11.5 Å². The predicted molar refractivity (Wildman–Crippen MR) is 58.4 cm³/mol. The molecule has 3 aromatic rings. The van der Waals surface area contributed by atoms with Gasteiger partial charge < -0.3 is 4.98 Å². The summed E-state index contributed by atoms with van der Waals surface area (Å²) in [5.74, 6) is 0.367. The summed E-state index contributed by atoms with van der Waals surface area (Å²) in [5.41, 5.74) is 3.10. The second-order valence-electron chi connectivity index (χ2n) is 3.68. The van der Waals surface area contributed by atoms with Gasteiger partial charge in [-0.25, -0.2) is 9.37 Å². The van der Waals surface area contributed by atoms with E-state index in [2.05, 4.69) is 20.2 Å². The number of rotatable bonds is 1. The van der Waals surface area contributed by atoms with E-state index in [9.17, 15) is 4.39 Å². The molecule has 0 aliphatic carbocycles. The van der Waals surface area contributed by atoms with Crippen LogP contribution in [0.5, 0.6) is 0 Å². The first kappa shape index (κ1) is 9.08. The van der Waals surface area contributed by atoms with Crippen LogP contribution in [-0.2, 0) is 0 Å². The summed E-state index contributed by atoms with van der Waals surface area (Å²) in [6.07, 6.45) is 0. The maximum absolute atomic E-state index is 13.0. The molecule has 5 heteroatoms. The van der Waals surface area contributed by atoms with Crippen LogP contribution in [0.2, 0.25) is 0 Å². The van der Waals surface area contributed by atoms with Crippen LogP contribution in [0.1, 0.15) is 5.69 Å². The number of imidazole rings is 1. The first-order chi connectivity index (χ1) is 7.72. The van der Waals surface area contributed by atoms with Crippen molar-refractivity contribution in [3.8, 4) is 11.5 Å². The maximum Gasteiger partial charge on any atom is 0.159 e. The third-order valence-electron chi connectivity index (χ3n) is 2.39. The molecule has 0 amide bonds. The van der Waals surface area contributed by atoms with E-state index >= 15 is 0 Å². The third-order valence-corrected chi connectivity index (χ3v) is 2.39. The Morgan fingerprint density at radius 3 is 2.88 bits per heavy atom. The summed E-state index contributed by atoms with van der Waals surface area (Å²) < 4.78 is 13.0. The van der Waals surface area contributed by atoms with Crippen molar-refractivity contribution in [2.24, 2.45) is 0 Å². The molecule has 0 bridgehead atoms. The van der Waals surface area contributed by atoms with Crippen molar-refractivity contribution in [3.63, 3.8) is 0 Å². The molecule has 0 fully saturated rings. The summed E-state index contributed by atoms with van der Waals surface area (Å²) in [6.45, 7) is 1.92. The molecule has 0 radical (unpaired) electrons. The van der Waals surface area contributed by atoms with Gasteiger partial charge in [-0.1, -0.05) is 0 Å². The zero-order valence-corrected chi connectivity index (χ0v) is 8.58. The molecule has 0 aliphatic heterocycles. The van der Waals surface area contributed by atoms with Gasteiger partial charge in [-0.05, 0) is 31.2 Å². The Bertz CT molecular complexity index is 653. The fourth-order valence-corrected chi connectivity index (χ4v) is 1.64. The fraction of sp³-hybridized carbons (Fsp3) is 0.0909. The van der Waals surface area contributed by atoms with Gasteiger partial charge in [0.25, 0.3) is 0 Å². The quantitative estimate of drug-likeness (QED) is 0.656. The molecule has 0 atom stereocenters. The van der Waals surface area contributed by atoms with Crippen LogP contribution in [0.4, 0.5) is 4.39 Å². The van der Waals surface area contributed by atoms with Gasteiger partial charge in [0.05, 0.1) is 11.0 Å². The second kappa shape index (κ2) is 3.16. The SMILES string of the molecule is Cc1cc(-c2nc3ccc(F)cc3[nH]2)n[nH]1. The first-order valence-electron chi connectivity index (χ1n) is 4.90. The standard InChI is InChI=1S/C11H9FN4/c1-6-4-10(16-15-6)11-13-8-3-2-7(12)5-9(8)14-11/h2-5H,1H3,(H,13,14)(H,15,16). The highest BCUT2D eigenvalue weighted by Crippen LogP contribution is 2.19. The molecule has 2 N–H and O–H groups in total. The summed E-state index contributed by atoms with van der Waals surface area (Å²) in [6, 6.07) is 6.34. The Balaban J connectivity index is 2.18. The van der Waals surface area contributed by atoms with Crippen molar-refractivity contribution in [1.82, 2.24) is 20.2 Å². The van der Waals surface area contributed by atoms with Crippen LogP contribution in [-0.4, -0.2) is 20.2 Å². The monoisotopic (exact) mass is 216 g/mol. The van der Waals surface area contributed by atoms with Gasteiger partial charge in [-0.3, -0.25) is 5.10 Å². The van der Waals surface area contributed by atoms with Gasteiger partial charge in [0, 0.05) is 5.69 Å². The average molecular weight is 216 g/mol. The lowest BCUT2D eigenvalue weighted by molar-refractivity contribution is 0.629. The van der Waals surface area contributed by atoms with E-state index in [-0.39, 0.29) is 5.82 Å². The smallest absolute Gasteiger partial charge is 0.159 e. The van der Waals surface area contributed by atoms with E-state index in [4.69, 9.17) is 0 Å². The molecule has 0 spiro atoms. The molecule has 4 nitrogen and oxygen atoms in total. The van der Waals surface area contributed by atoms with Crippen molar-refractivity contribution in [1.29, 1.82) is 0 Å². The van der Waals surface area contributed by atoms with E-state index in [0.717, 1.165) is 16.9 Å². The topological polar surface area (TPSA) is 57.4 Å². The van der Waals surface area contributed by atoms with Crippen LogP contribution < -0.4 is 0 Å². The van der Waals surface area contributed by atoms with Crippen molar-refractivity contribution < 1.29 is 4.39 Å². The minimum absolute atomic E-state index is 0.277. The summed E-state index contributed by atoms with van der Waals surface area (Å²) in [7, 11) is 0. The Hall–Kier alpha value is -2.17. The normalized spacial score (nSPS) is 11.1. The number of hydrogen-bond donors (Lipinski definition) is 2. The number of aromatic nitrogens is 4. The lowest BCUT2D eigenvalue weighted by atomic mass is 10.3. The van der Waals surface area contributed by atoms with Crippen LogP contribution in [0, 0.1) is 12.7 Å². The lowest BCUT2D eigenvalue weighted by Crippen LogP contribution is -1.79. The highest BCUT2D eigenvalue weighted by Gasteiger charge is 2.08. The Morgan fingerprint density at radius 1 is 1.25 bits per heavy atom. The van der Waals surface area contributed by atoms with Crippen LogP contribution in [0.15, 0.2) is 24.3 Å². The number of hydrogen-bond acceptors (Lipinski definition) is 2. The van der Waals surface area contributed by atoms with Crippen molar-refractivity contribution in [2.75, 3.05) is 0 Å². The molecule has 0 unspecified atom stereocenters. The van der Waals surface area contributed by atoms with Gasteiger partial charge in [-0.15, -0.1) is 0 Å². The number of fused-ring (bicyclic) bond motifs is 1. The lowest BCUT2D eigenvalue weighted by Gasteiger charge is -1.86. The Labute approximate surface area is 90.5 Å². The molecule has 1 aromatic carbocycles. The summed E-state index contributed by atoms with van der Waals surface area (Å²) >= 11 is 0. The van der Waals surface area contributed by atoms with Crippen molar-refractivity contribution in [3.05, 3.63) is 35.8 Å². The number of halogens is 1. The van der Waals surface area contributed by atoms with E-state index in [1.165, 1.54) is 12.1 Å². The number of benzene rings is 1. The highest BCUT2D eigenvalue weighted by molar-refractivity contribution is 5.78. The van der Waals surface area contributed by atoms with Gasteiger partial charge >= 0.3 is 0 Å². The minimum atomic E-state index is -0.277. The van der Waals surface area contributed by atoms with E-state index in [0.29, 0.717) is 11.3 Å². The van der Waals surface area contributed by atoms with E-state index < -0.39 is 0 Å². The summed E-state index contributed by atoms with van der Waals surface area (Å²) in [4.78, 5) is 7.37. The van der Waals surface area contributed by atoms with Gasteiger partial charge in [0.15, 0.2) is 5.82 Å². The van der Waals surface area contributed by atoms with E-state index in [1.54, 1.807) is 6.07 Å². The molecule has 2 aromatic heterocycles. The number of H-pyrrole nitrogens is 2. The van der Waals surface area contributed by atoms with Crippen LogP contribution in [0.25, 0.3) is 22.6 Å². The zero-order chi connectivity index (χ0) is 11.1. The first-order valence-corrected chi connectivity index (χ1v) is 4.90. The zero-order valence-electron chi connectivity index (χ0n) is 8.58. The largest absolute Gasteiger partial charge is 0.336 e. The van der Waals surface area contributed by atoms with E-state index in [1.807, 2.05) is 13.0 Å². The maximum atomic E-state index is 13.0. The molecule has 0 saturated carbocycles. The molecule has 0 aliphatic rings. The number of nitrogens with one attached hydrogen (secondary N) is 2. The van der Waals surface area contributed by atoms with Crippen molar-refractivity contribution >= 4 is 11.0 Å². The van der Waals surface area contributed by atoms with Gasteiger partial charge in [-0.2, -0.15) is 5.10 Å². The molecule has 0 saturated heterocycles. The van der Waals surface area contributed by atoms with Gasteiger partial charge in [0.2, 0.25) is 0 Å². The molecule has 80 valence electrons. The Kier molecular flexibility index (Phi) is 1.80. The van der Waals surface area contributed by atoms with Crippen molar-refractivity contribution in [2.45, 2.75) is 6.92 Å². The van der Waals surface area contributed by atoms with Crippen LogP contribution >= 0.6 is 0 Å². The second-order valence-corrected chi connectivity index (χ2v) is 3.68. The number of aryl methyl sites for hydroxylation is 1. The predicted octanol–water partition coefficient (Wildman–Crippen LogP) is 2.40. The highest BCUT2D eigenvalue weighted by atomic mass is 19.1. The molecular formula is C11H9FN4. The number of nitrogens with zero attached hydrogens (tertiary/aromatic N) is 2. The molecule has 3 rings (SSSR count). The third kappa shape index (κ3) is 1.37.